The van der Waals surface area contributed by atoms with E-state index in [0.717, 1.165) is 6.42 Å². The first-order chi connectivity index (χ1) is 15.0. The minimum atomic E-state index is -3.35. The molecule has 3 unspecified atom stereocenters. The van der Waals surface area contributed by atoms with Gasteiger partial charge in [0.25, 0.3) is 0 Å². The predicted molar refractivity (Wildman–Crippen MR) is 122 cm³/mol. The Morgan fingerprint density at radius 2 is 1.91 bits per heavy atom. The van der Waals surface area contributed by atoms with Crippen molar-refractivity contribution in [2.75, 3.05) is 5.32 Å². The highest BCUT2D eigenvalue weighted by Crippen LogP contribution is 2.22. The van der Waals surface area contributed by atoms with E-state index >= 15 is 0 Å². The summed E-state index contributed by atoms with van der Waals surface area (Å²) in [7, 11) is -3.35. The van der Waals surface area contributed by atoms with E-state index in [9.17, 15) is 18.0 Å². The number of benzene rings is 1. The maximum atomic E-state index is 12.7. The summed E-state index contributed by atoms with van der Waals surface area (Å²) in [6.45, 7) is 9.00. The first-order valence-corrected chi connectivity index (χ1v) is 12.3. The van der Waals surface area contributed by atoms with Gasteiger partial charge < -0.3 is 10.6 Å². The van der Waals surface area contributed by atoms with Gasteiger partial charge in [-0.15, -0.1) is 0 Å². The van der Waals surface area contributed by atoms with E-state index < -0.39 is 21.4 Å². The Morgan fingerprint density at radius 1 is 1.25 bits per heavy atom. The summed E-state index contributed by atoms with van der Waals surface area (Å²) in [4.78, 5) is 25.3. The van der Waals surface area contributed by atoms with Crippen LogP contribution in [-0.4, -0.2) is 41.3 Å². The fourth-order valence-corrected chi connectivity index (χ4v) is 4.85. The lowest BCUT2D eigenvalue weighted by molar-refractivity contribution is -0.130. The highest BCUT2D eigenvalue weighted by Gasteiger charge is 2.34. The maximum absolute atomic E-state index is 12.7. The molecule has 0 saturated carbocycles. The molecule has 32 heavy (non-hydrogen) atoms. The molecule has 0 radical (unpaired) electrons. The summed E-state index contributed by atoms with van der Waals surface area (Å²) in [6.07, 6.45) is 0.237. The number of carbonyl (C=O) groups is 2. The zero-order chi connectivity index (χ0) is 23.6. The Morgan fingerprint density at radius 3 is 2.47 bits per heavy atom. The minimum absolute atomic E-state index is 0.0348. The topological polar surface area (TPSA) is 122 Å². The molecule has 0 bridgehead atoms. The van der Waals surface area contributed by atoms with Crippen LogP contribution in [0.25, 0.3) is 0 Å². The Bertz CT molecular complexity index is 1090. The summed E-state index contributed by atoms with van der Waals surface area (Å²) >= 11 is 0. The number of hydrogen-bond acceptors (Lipinski definition) is 6. The van der Waals surface area contributed by atoms with Crippen LogP contribution in [0.15, 0.2) is 35.2 Å². The van der Waals surface area contributed by atoms with Crippen LogP contribution in [0.2, 0.25) is 0 Å². The van der Waals surface area contributed by atoms with Crippen molar-refractivity contribution in [2.24, 2.45) is 5.92 Å². The summed E-state index contributed by atoms with van der Waals surface area (Å²) in [6, 6.07) is 8.05. The number of nitrogens with one attached hydrogen (secondary N) is 3. The molecule has 0 aliphatic carbocycles. The standard InChI is InChI=1S/C22H31N5O4S/c1-6-18-15(5)23-22(25-21(18)29)27-19(11-14(4)26-27)24-20(28)12-16-7-9-17(10-8-16)32(30,31)13(2)3/h7-11,13,15,18,22-23H,6,12H2,1-5H3,(H,24,28)(H,25,29). The molecule has 1 aliphatic rings. The van der Waals surface area contributed by atoms with Crippen molar-refractivity contribution in [1.29, 1.82) is 0 Å². The first-order valence-electron chi connectivity index (χ1n) is 10.8. The van der Waals surface area contributed by atoms with Crippen molar-refractivity contribution in [3.8, 4) is 0 Å². The number of aryl methyl sites for hydroxylation is 1. The second-order valence-electron chi connectivity index (χ2n) is 8.46. The fraction of sp³-hybridized carbons (Fsp3) is 0.500. The largest absolute Gasteiger partial charge is 0.322 e. The van der Waals surface area contributed by atoms with Crippen molar-refractivity contribution >= 4 is 27.5 Å². The lowest BCUT2D eigenvalue weighted by Gasteiger charge is -2.35. The van der Waals surface area contributed by atoms with Crippen LogP contribution in [0.5, 0.6) is 0 Å². The average molecular weight is 462 g/mol. The van der Waals surface area contributed by atoms with Crippen molar-refractivity contribution in [3.05, 3.63) is 41.6 Å². The van der Waals surface area contributed by atoms with E-state index in [1.165, 1.54) is 12.1 Å². The molecule has 1 aliphatic heterocycles. The molecule has 174 valence electrons. The quantitative estimate of drug-likeness (QED) is 0.581. The third kappa shape index (κ3) is 5.02. The normalized spacial score (nSPS) is 21.4. The van der Waals surface area contributed by atoms with Gasteiger partial charge in [-0.05, 0) is 51.8 Å². The van der Waals surface area contributed by atoms with Crippen molar-refractivity contribution in [3.63, 3.8) is 0 Å². The molecule has 3 atom stereocenters. The average Bonchev–Trinajstić information content (AvgIpc) is 3.07. The molecule has 9 nitrogen and oxygen atoms in total. The van der Waals surface area contributed by atoms with E-state index in [1.54, 1.807) is 36.7 Å². The van der Waals surface area contributed by atoms with Gasteiger partial charge in [0.2, 0.25) is 11.8 Å². The number of hydrogen-bond donors (Lipinski definition) is 3. The molecular formula is C22H31N5O4S. The lowest BCUT2D eigenvalue weighted by atomic mass is 9.95. The molecule has 2 heterocycles. The van der Waals surface area contributed by atoms with Gasteiger partial charge in [0.15, 0.2) is 16.1 Å². The van der Waals surface area contributed by atoms with E-state index in [2.05, 4.69) is 21.0 Å². The van der Waals surface area contributed by atoms with Crippen LogP contribution in [-0.2, 0) is 25.8 Å². The number of sulfone groups is 1. The molecule has 1 aromatic heterocycles. The van der Waals surface area contributed by atoms with Crippen LogP contribution in [0, 0.1) is 12.8 Å². The number of amides is 2. The SMILES string of the molecule is CCC1C(=O)NC(n2nc(C)cc2NC(=O)Cc2ccc(S(=O)(=O)C(C)C)cc2)NC1C. The molecule has 3 rings (SSSR count). The summed E-state index contributed by atoms with van der Waals surface area (Å²) in [5.41, 5.74) is 1.39. The highest BCUT2D eigenvalue weighted by molar-refractivity contribution is 7.92. The zero-order valence-corrected chi connectivity index (χ0v) is 19.9. The third-order valence-electron chi connectivity index (χ3n) is 5.69. The Hall–Kier alpha value is -2.72. The van der Waals surface area contributed by atoms with Gasteiger partial charge in [-0.2, -0.15) is 5.10 Å². The van der Waals surface area contributed by atoms with Gasteiger partial charge >= 0.3 is 0 Å². The van der Waals surface area contributed by atoms with Gasteiger partial charge in [-0.25, -0.2) is 13.1 Å². The molecule has 2 amide bonds. The van der Waals surface area contributed by atoms with Crippen LogP contribution in [0.3, 0.4) is 0 Å². The molecule has 0 spiro atoms. The highest BCUT2D eigenvalue weighted by atomic mass is 32.2. The Balaban J connectivity index is 1.71. The van der Waals surface area contributed by atoms with Crippen molar-refractivity contribution in [1.82, 2.24) is 20.4 Å². The number of aromatic nitrogens is 2. The van der Waals surface area contributed by atoms with E-state index in [1.807, 2.05) is 20.8 Å². The fourth-order valence-electron chi connectivity index (χ4n) is 3.79. The van der Waals surface area contributed by atoms with Crippen LogP contribution >= 0.6 is 0 Å². The van der Waals surface area contributed by atoms with E-state index in [-0.39, 0.29) is 35.1 Å². The number of anilines is 1. The molecular weight excluding hydrogens is 430 g/mol. The van der Waals surface area contributed by atoms with Crippen molar-refractivity contribution in [2.45, 2.75) is 69.9 Å². The summed E-state index contributed by atoms with van der Waals surface area (Å²) < 4.78 is 26.1. The van der Waals surface area contributed by atoms with Gasteiger partial charge in [-0.1, -0.05) is 19.1 Å². The van der Waals surface area contributed by atoms with E-state index in [4.69, 9.17) is 0 Å². The number of carbonyl (C=O) groups excluding carboxylic acids is 2. The van der Waals surface area contributed by atoms with Crippen LogP contribution < -0.4 is 16.0 Å². The second-order valence-corrected chi connectivity index (χ2v) is 11.0. The van der Waals surface area contributed by atoms with Crippen molar-refractivity contribution < 1.29 is 18.0 Å². The molecule has 1 aromatic carbocycles. The maximum Gasteiger partial charge on any atom is 0.229 e. The number of nitrogens with zero attached hydrogens (tertiary/aromatic N) is 2. The monoisotopic (exact) mass is 461 g/mol. The first kappa shape index (κ1) is 23.9. The Labute approximate surface area is 188 Å². The summed E-state index contributed by atoms with van der Waals surface area (Å²) in [5, 5.41) is 13.0. The van der Waals surface area contributed by atoms with Gasteiger partial charge in [-0.3, -0.25) is 14.9 Å². The Kier molecular flexibility index (Phi) is 7.04. The molecule has 3 N–H and O–H groups in total. The van der Waals surface area contributed by atoms with E-state index in [0.29, 0.717) is 17.1 Å². The molecule has 1 fully saturated rings. The summed E-state index contributed by atoms with van der Waals surface area (Å²) in [5.74, 6) is 0.0211. The third-order valence-corrected chi connectivity index (χ3v) is 7.86. The van der Waals surface area contributed by atoms with Crippen LogP contribution in [0.1, 0.15) is 51.7 Å². The van der Waals surface area contributed by atoms with Crippen LogP contribution in [0.4, 0.5) is 5.82 Å². The second kappa shape index (κ2) is 9.41. The number of rotatable bonds is 7. The lowest BCUT2D eigenvalue weighted by Crippen LogP contribution is -2.57. The van der Waals surface area contributed by atoms with Gasteiger partial charge in [0, 0.05) is 12.1 Å². The van der Waals surface area contributed by atoms with Gasteiger partial charge in [0.1, 0.15) is 5.82 Å². The minimum Gasteiger partial charge on any atom is -0.322 e. The molecule has 1 saturated heterocycles. The smallest absolute Gasteiger partial charge is 0.229 e. The molecule has 2 aromatic rings. The molecule has 10 heteroatoms. The van der Waals surface area contributed by atoms with Gasteiger partial charge in [0.05, 0.1) is 28.2 Å². The zero-order valence-electron chi connectivity index (χ0n) is 19.0. The predicted octanol–water partition coefficient (Wildman–Crippen LogP) is 2.15.